The Bertz CT molecular complexity index is 1480. The number of nitro benzene ring substituents is 2. The van der Waals surface area contributed by atoms with E-state index in [9.17, 15) is 25.0 Å². The van der Waals surface area contributed by atoms with E-state index < -0.39 is 4.92 Å². The van der Waals surface area contributed by atoms with E-state index in [0.717, 1.165) is 42.7 Å². The maximum atomic E-state index is 13.6. The van der Waals surface area contributed by atoms with Gasteiger partial charge in [0.25, 0.3) is 17.3 Å². The third-order valence-electron chi connectivity index (χ3n) is 8.27. The number of anilines is 1. The summed E-state index contributed by atoms with van der Waals surface area (Å²) in [5, 5.41) is 26.1. The Morgan fingerprint density at radius 2 is 1.68 bits per heavy atom. The van der Waals surface area contributed by atoms with Crippen molar-refractivity contribution >= 4 is 46.3 Å². The molecule has 0 bridgehead atoms. The zero-order chi connectivity index (χ0) is 28.0. The lowest BCUT2D eigenvalue weighted by molar-refractivity contribution is -0.387. The quantitative estimate of drug-likeness (QED) is 0.194. The lowest BCUT2D eigenvalue weighted by atomic mass is 9.76. The smallest absolute Gasteiger partial charge is 0.282 e. The molecule has 3 aromatic carbocycles. The number of non-ortho nitro benzene ring substituents is 1. The van der Waals surface area contributed by atoms with Gasteiger partial charge in [0.15, 0.2) is 0 Å². The molecule has 6 rings (SSSR count). The van der Waals surface area contributed by atoms with Crippen LogP contribution in [0.2, 0.25) is 0 Å². The maximum absolute atomic E-state index is 13.6. The molecular formula is C29H27ClN4O5S. The monoisotopic (exact) mass is 578 g/mol. The Morgan fingerprint density at radius 1 is 0.950 bits per heavy atom. The third-order valence-corrected chi connectivity index (χ3v) is 10.4. The molecule has 2 heterocycles. The first-order chi connectivity index (χ1) is 19.3. The molecular weight excluding hydrogens is 552 g/mol. The molecule has 5 atom stereocenters. The first-order valence-corrected chi connectivity index (χ1v) is 14.6. The predicted octanol–water partition coefficient (Wildman–Crippen LogP) is 6.78. The van der Waals surface area contributed by atoms with Crippen molar-refractivity contribution in [2.45, 2.75) is 46.7 Å². The van der Waals surface area contributed by atoms with E-state index in [1.807, 2.05) is 23.1 Å². The van der Waals surface area contributed by atoms with Crippen LogP contribution in [0.15, 0.2) is 71.6 Å². The minimum Gasteiger partial charge on any atom is -0.377 e. The number of halogens is 1. The third kappa shape index (κ3) is 4.69. The number of nitrogens with zero attached hydrogens (tertiary/aromatic N) is 3. The molecule has 1 aliphatic carbocycles. The highest BCUT2D eigenvalue weighted by atomic mass is 35.5. The number of rotatable bonds is 6. The molecule has 9 nitrogen and oxygen atoms in total. The molecule has 2 aliphatic heterocycles. The number of nitrogens with one attached hydrogen (secondary N) is 1. The molecule has 0 spiro atoms. The van der Waals surface area contributed by atoms with E-state index in [2.05, 4.69) is 5.32 Å². The first kappa shape index (κ1) is 26.6. The Hall–Kier alpha value is -3.63. The van der Waals surface area contributed by atoms with E-state index >= 15 is 0 Å². The molecule has 3 aromatic rings. The number of carbonyl (C=O) groups excluding carboxylic acids is 1. The van der Waals surface area contributed by atoms with Gasteiger partial charge in [-0.1, -0.05) is 36.4 Å². The highest BCUT2D eigenvalue weighted by Crippen LogP contribution is 2.58. The number of para-hydroxylation sites is 2. The minimum absolute atomic E-state index is 0.00729. The van der Waals surface area contributed by atoms with Crippen molar-refractivity contribution in [3.8, 4) is 0 Å². The van der Waals surface area contributed by atoms with Crippen molar-refractivity contribution in [3.63, 3.8) is 0 Å². The van der Waals surface area contributed by atoms with E-state index in [0.29, 0.717) is 16.9 Å². The fraction of sp³-hybridized carbons (Fsp3) is 0.345. The number of amides is 1. The minimum atomic E-state index is -0.424. The van der Waals surface area contributed by atoms with E-state index in [4.69, 9.17) is 11.6 Å². The standard InChI is InChI=1S/C29H27ClN4O5S/c30-26-24(40-23-9-2-1-8-22(23)34(38)39)16-21-25(26)19-6-5-7-20(29(35)32-14-3-4-15-32)28(19)31-27(21)17-10-12-18(13-11-17)33(36)37/h1-2,5-13,21,24-27,31H,3-4,14-16H2/t21-,24+,25-,26+,27-/m1/s1. The normalized spacial score (nSPS) is 25.1. The van der Waals surface area contributed by atoms with Crippen LogP contribution in [0, 0.1) is 26.1 Å². The number of nitro groups is 2. The average molecular weight is 579 g/mol. The van der Waals surface area contributed by atoms with Gasteiger partial charge in [-0.05, 0) is 48.4 Å². The number of hydrogen-bond donors (Lipinski definition) is 1. The zero-order valence-corrected chi connectivity index (χ0v) is 23.0. The second kappa shape index (κ2) is 10.7. The van der Waals surface area contributed by atoms with E-state index in [1.54, 1.807) is 30.3 Å². The predicted molar refractivity (Wildman–Crippen MR) is 154 cm³/mol. The van der Waals surface area contributed by atoms with Gasteiger partial charge in [0.2, 0.25) is 0 Å². The van der Waals surface area contributed by atoms with Gasteiger partial charge in [-0.2, -0.15) is 0 Å². The molecule has 40 heavy (non-hydrogen) atoms. The average Bonchev–Trinajstić information content (AvgIpc) is 3.61. The topological polar surface area (TPSA) is 119 Å². The molecule has 1 saturated carbocycles. The highest BCUT2D eigenvalue weighted by molar-refractivity contribution is 8.00. The van der Waals surface area contributed by atoms with Crippen LogP contribution >= 0.6 is 23.4 Å². The van der Waals surface area contributed by atoms with Crippen molar-refractivity contribution in [1.82, 2.24) is 4.90 Å². The van der Waals surface area contributed by atoms with Crippen LogP contribution in [0.1, 0.15) is 52.7 Å². The number of alkyl halides is 1. The van der Waals surface area contributed by atoms with Crippen molar-refractivity contribution in [3.05, 3.63) is 104 Å². The van der Waals surface area contributed by atoms with Gasteiger partial charge in [0.05, 0.1) is 37.4 Å². The molecule has 1 amide bonds. The number of hydrogen-bond acceptors (Lipinski definition) is 7. The summed E-state index contributed by atoms with van der Waals surface area (Å²) in [6.45, 7) is 1.46. The zero-order valence-electron chi connectivity index (χ0n) is 21.4. The van der Waals surface area contributed by atoms with Crippen molar-refractivity contribution < 1.29 is 14.6 Å². The number of carbonyl (C=O) groups is 1. The van der Waals surface area contributed by atoms with Crippen molar-refractivity contribution in [1.29, 1.82) is 0 Å². The molecule has 1 N–H and O–H groups in total. The Morgan fingerprint density at radius 3 is 2.38 bits per heavy atom. The molecule has 0 unspecified atom stereocenters. The van der Waals surface area contributed by atoms with Gasteiger partial charge < -0.3 is 10.2 Å². The van der Waals surface area contributed by atoms with Crippen LogP contribution in [0.3, 0.4) is 0 Å². The Kier molecular flexibility index (Phi) is 7.14. The summed E-state index contributed by atoms with van der Waals surface area (Å²) in [5.41, 5.74) is 3.26. The summed E-state index contributed by atoms with van der Waals surface area (Å²) < 4.78 is 0. The molecule has 1 saturated heterocycles. The largest absolute Gasteiger partial charge is 0.377 e. The fourth-order valence-corrected chi connectivity index (χ4v) is 8.36. The summed E-state index contributed by atoms with van der Waals surface area (Å²) in [6.07, 6.45) is 2.64. The number of benzene rings is 3. The lowest BCUT2D eigenvalue weighted by Crippen LogP contribution is -2.34. The van der Waals surface area contributed by atoms with Gasteiger partial charge in [-0.3, -0.25) is 25.0 Å². The van der Waals surface area contributed by atoms with Gasteiger partial charge in [0, 0.05) is 42.5 Å². The van der Waals surface area contributed by atoms with Crippen LogP contribution in [0.25, 0.3) is 0 Å². The number of thioether (sulfide) groups is 1. The van der Waals surface area contributed by atoms with Crippen LogP contribution in [0.5, 0.6) is 0 Å². The van der Waals surface area contributed by atoms with Gasteiger partial charge >= 0.3 is 0 Å². The number of fused-ring (bicyclic) bond motifs is 3. The summed E-state index contributed by atoms with van der Waals surface area (Å²) in [4.78, 5) is 38.2. The molecule has 206 valence electrons. The fourth-order valence-electron chi connectivity index (χ4n) is 6.42. The Labute approximate surface area is 240 Å². The highest BCUT2D eigenvalue weighted by Gasteiger charge is 2.51. The molecule has 11 heteroatoms. The first-order valence-electron chi connectivity index (χ1n) is 13.3. The van der Waals surface area contributed by atoms with Gasteiger partial charge in [-0.15, -0.1) is 23.4 Å². The van der Waals surface area contributed by atoms with Crippen molar-refractivity contribution in [2.75, 3.05) is 18.4 Å². The Balaban J connectivity index is 1.41. The molecule has 0 radical (unpaired) electrons. The summed E-state index contributed by atoms with van der Waals surface area (Å²) in [5.74, 6) is -0.128. The van der Waals surface area contributed by atoms with Crippen LogP contribution in [-0.4, -0.2) is 44.4 Å². The second-order valence-electron chi connectivity index (χ2n) is 10.5. The van der Waals surface area contributed by atoms with Crippen LogP contribution in [-0.2, 0) is 0 Å². The van der Waals surface area contributed by atoms with E-state index in [1.165, 1.54) is 30.0 Å². The summed E-state index contributed by atoms with van der Waals surface area (Å²) in [7, 11) is 0. The van der Waals surface area contributed by atoms with Gasteiger partial charge in [0.1, 0.15) is 0 Å². The number of likely N-dealkylation sites (tertiary alicyclic amines) is 1. The molecule has 3 aliphatic rings. The lowest BCUT2D eigenvalue weighted by Gasteiger charge is -2.39. The molecule has 2 fully saturated rings. The van der Waals surface area contributed by atoms with Crippen molar-refractivity contribution in [2.24, 2.45) is 5.92 Å². The van der Waals surface area contributed by atoms with Crippen LogP contribution in [0.4, 0.5) is 17.1 Å². The van der Waals surface area contributed by atoms with E-state index in [-0.39, 0.29) is 50.7 Å². The molecule has 0 aromatic heterocycles. The summed E-state index contributed by atoms with van der Waals surface area (Å²) in [6, 6.07) is 18.7. The SMILES string of the molecule is O=C(c1cccc2c1N[C@H](c1ccc([N+](=O)[O-])cc1)[C@@H]1C[C@H](Sc3ccccc3[N+](=O)[O-])[C@H](Cl)[C@H]21)N1CCCC1. The maximum Gasteiger partial charge on any atom is 0.282 e. The van der Waals surface area contributed by atoms with Gasteiger partial charge in [-0.25, -0.2) is 0 Å². The summed E-state index contributed by atoms with van der Waals surface area (Å²) >= 11 is 8.66. The second-order valence-corrected chi connectivity index (χ2v) is 12.3. The van der Waals surface area contributed by atoms with Crippen LogP contribution < -0.4 is 5.32 Å².